The summed E-state index contributed by atoms with van der Waals surface area (Å²) in [4.78, 5) is 33.5. The van der Waals surface area contributed by atoms with Gasteiger partial charge in [-0.3, -0.25) is 20.4 Å². The molecule has 0 aliphatic heterocycles. The molecule has 108 valence electrons. The zero-order chi connectivity index (χ0) is 14.8. The average molecular weight is 278 g/mol. The lowest BCUT2D eigenvalue weighted by atomic mass is 10.1. The smallest absolute Gasteiger partial charge is 0.374 e. The largest absolute Gasteiger partial charge is 0.463 e. The molecule has 0 aliphatic carbocycles. The lowest BCUT2D eigenvalue weighted by Crippen LogP contribution is -2.29. The first kappa shape index (κ1) is 15.7. The summed E-state index contributed by atoms with van der Waals surface area (Å²) in [5.74, 6) is -1.56. The van der Waals surface area contributed by atoms with Crippen molar-refractivity contribution in [2.45, 2.75) is 25.7 Å². The zero-order valence-corrected chi connectivity index (χ0v) is 11.3. The van der Waals surface area contributed by atoms with E-state index < -0.39 is 11.8 Å². The Labute approximate surface area is 117 Å². The van der Waals surface area contributed by atoms with Crippen LogP contribution in [0.15, 0.2) is 30.3 Å². The standard InChI is InChI=1S/C14H18N2O4/c1-20-14(19)12(17)9-5-6-10-13(18)16-15-11-7-3-2-4-8-11/h2-4,7-8,15H,5-6,9-10H2,1H3,(H,16,18). The van der Waals surface area contributed by atoms with Crippen LogP contribution in [0.1, 0.15) is 25.7 Å². The first-order valence-electron chi connectivity index (χ1n) is 6.34. The molecule has 6 heteroatoms. The second-order valence-electron chi connectivity index (χ2n) is 4.16. The van der Waals surface area contributed by atoms with Gasteiger partial charge in [0.15, 0.2) is 0 Å². The summed E-state index contributed by atoms with van der Waals surface area (Å²) < 4.78 is 4.30. The number of hydrazine groups is 1. The minimum Gasteiger partial charge on any atom is -0.463 e. The van der Waals surface area contributed by atoms with E-state index >= 15 is 0 Å². The maximum Gasteiger partial charge on any atom is 0.374 e. The number of methoxy groups -OCH3 is 1. The van der Waals surface area contributed by atoms with E-state index in [1.807, 2.05) is 30.3 Å². The maximum atomic E-state index is 11.5. The summed E-state index contributed by atoms with van der Waals surface area (Å²) in [5.41, 5.74) is 6.13. The van der Waals surface area contributed by atoms with Crippen molar-refractivity contribution in [2.75, 3.05) is 12.5 Å². The molecule has 0 spiro atoms. The molecule has 2 N–H and O–H groups in total. The van der Waals surface area contributed by atoms with Crippen molar-refractivity contribution in [3.8, 4) is 0 Å². The number of esters is 1. The highest BCUT2D eigenvalue weighted by Crippen LogP contribution is 2.04. The number of hydrogen-bond donors (Lipinski definition) is 2. The van der Waals surface area contributed by atoms with E-state index in [4.69, 9.17) is 0 Å². The van der Waals surface area contributed by atoms with Crippen LogP contribution in [0.4, 0.5) is 5.69 Å². The summed E-state index contributed by atoms with van der Waals surface area (Å²) in [7, 11) is 1.17. The highest BCUT2D eigenvalue weighted by molar-refractivity contribution is 6.33. The van der Waals surface area contributed by atoms with Crippen LogP contribution in [0, 0.1) is 0 Å². The Kier molecular flexibility index (Phi) is 6.81. The van der Waals surface area contributed by atoms with E-state index in [-0.39, 0.29) is 18.7 Å². The molecule has 0 atom stereocenters. The van der Waals surface area contributed by atoms with Crippen LogP contribution < -0.4 is 10.9 Å². The highest BCUT2D eigenvalue weighted by atomic mass is 16.5. The maximum absolute atomic E-state index is 11.5. The minimum absolute atomic E-state index is 0.103. The third kappa shape index (κ3) is 5.99. The fraction of sp³-hybridized carbons (Fsp3) is 0.357. The first-order chi connectivity index (χ1) is 9.63. The van der Waals surface area contributed by atoms with Gasteiger partial charge >= 0.3 is 5.97 Å². The lowest BCUT2D eigenvalue weighted by Gasteiger charge is -2.07. The van der Waals surface area contributed by atoms with Crippen molar-refractivity contribution in [3.05, 3.63) is 30.3 Å². The summed E-state index contributed by atoms with van der Waals surface area (Å²) in [6.45, 7) is 0. The number of hydrogen-bond acceptors (Lipinski definition) is 5. The molecule has 1 rings (SSSR count). The Balaban J connectivity index is 2.12. The number of Topliss-reactive ketones (excluding diaryl/α,β-unsaturated/α-hetero) is 1. The van der Waals surface area contributed by atoms with Crippen molar-refractivity contribution >= 4 is 23.3 Å². The fourth-order valence-electron chi connectivity index (χ4n) is 1.51. The number of anilines is 1. The Bertz CT molecular complexity index is 460. The molecule has 0 unspecified atom stereocenters. The Hall–Kier alpha value is -2.37. The van der Waals surface area contributed by atoms with E-state index in [0.29, 0.717) is 12.8 Å². The van der Waals surface area contributed by atoms with Gasteiger partial charge in [0.05, 0.1) is 12.8 Å². The fourth-order valence-corrected chi connectivity index (χ4v) is 1.51. The summed E-state index contributed by atoms with van der Waals surface area (Å²) >= 11 is 0. The van der Waals surface area contributed by atoms with Gasteiger partial charge in [-0.25, -0.2) is 4.79 Å². The number of unbranched alkanes of at least 4 members (excludes halogenated alkanes) is 1. The summed E-state index contributed by atoms with van der Waals surface area (Å²) in [5, 5.41) is 0. The van der Waals surface area contributed by atoms with E-state index in [2.05, 4.69) is 15.6 Å². The number of amides is 1. The van der Waals surface area contributed by atoms with Gasteiger partial charge in [-0.1, -0.05) is 18.2 Å². The van der Waals surface area contributed by atoms with Crippen LogP contribution in [0.2, 0.25) is 0 Å². The Morgan fingerprint density at radius 3 is 2.35 bits per heavy atom. The van der Waals surface area contributed by atoms with Gasteiger partial charge in [-0.2, -0.15) is 0 Å². The molecule has 0 fully saturated rings. The van der Waals surface area contributed by atoms with Crippen molar-refractivity contribution in [2.24, 2.45) is 0 Å². The predicted molar refractivity (Wildman–Crippen MR) is 73.7 cm³/mol. The molecular formula is C14H18N2O4. The van der Waals surface area contributed by atoms with Crippen LogP contribution in [-0.2, 0) is 19.1 Å². The molecule has 6 nitrogen and oxygen atoms in total. The third-order valence-corrected chi connectivity index (χ3v) is 2.59. The zero-order valence-electron chi connectivity index (χ0n) is 11.3. The van der Waals surface area contributed by atoms with Crippen LogP contribution in [0.25, 0.3) is 0 Å². The molecule has 0 aliphatic rings. The van der Waals surface area contributed by atoms with Crippen molar-refractivity contribution in [1.82, 2.24) is 5.43 Å². The van der Waals surface area contributed by atoms with Crippen LogP contribution in [-0.4, -0.2) is 24.8 Å². The van der Waals surface area contributed by atoms with Crippen LogP contribution >= 0.6 is 0 Å². The second kappa shape index (κ2) is 8.68. The molecule has 20 heavy (non-hydrogen) atoms. The highest BCUT2D eigenvalue weighted by Gasteiger charge is 2.13. The van der Waals surface area contributed by atoms with Crippen molar-refractivity contribution < 1.29 is 19.1 Å². The van der Waals surface area contributed by atoms with E-state index in [9.17, 15) is 14.4 Å². The lowest BCUT2D eigenvalue weighted by molar-refractivity contribution is -0.151. The molecule has 1 aromatic carbocycles. The molecule has 0 saturated carbocycles. The number of rotatable bonds is 8. The van der Waals surface area contributed by atoms with Gasteiger partial charge in [0.1, 0.15) is 0 Å². The second-order valence-corrected chi connectivity index (χ2v) is 4.16. The molecule has 0 bridgehead atoms. The van der Waals surface area contributed by atoms with E-state index in [1.165, 1.54) is 7.11 Å². The monoisotopic (exact) mass is 278 g/mol. The topological polar surface area (TPSA) is 84.5 Å². The van der Waals surface area contributed by atoms with Gasteiger partial charge in [0, 0.05) is 12.8 Å². The van der Waals surface area contributed by atoms with Crippen molar-refractivity contribution in [3.63, 3.8) is 0 Å². The first-order valence-corrected chi connectivity index (χ1v) is 6.34. The molecule has 1 aromatic rings. The van der Waals surface area contributed by atoms with Gasteiger partial charge in [0.2, 0.25) is 11.7 Å². The summed E-state index contributed by atoms with van der Waals surface area (Å²) in [6, 6.07) is 9.25. The SMILES string of the molecule is COC(=O)C(=O)CCCCC(=O)NNc1ccccc1. The van der Waals surface area contributed by atoms with Crippen molar-refractivity contribution in [1.29, 1.82) is 0 Å². The van der Waals surface area contributed by atoms with Gasteiger partial charge in [0.25, 0.3) is 0 Å². The quantitative estimate of drug-likeness (QED) is 0.325. The number of ketones is 1. The van der Waals surface area contributed by atoms with Gasteiger partial charge in [-0.15, -0.1) is 0 Å². The average Bonchev–Trinajstić information content (AvgIpc) is 2.49. The van der Waals surface area contributed by atoms with Gasteiger partial charge in [-0.05, 0) is 25.0 Å². The summed E-state index contributed by atoms with van der Waals surface area (Å²) in [6.07, 6.45) is 1.40. The Morgan fingerprint density at radius 2 is 1.70 bits per heavy atom. The van der Waals surface area contributed by atoms with Crippen LogP contribution in [0.3, 0.4) is 0 Å². The van der Waals surface area contributed by atoms with Gasteiger partial charge < -0.3 is 4.74 Å². The Morgan fingerprint density at radius 1 is 1.05 bits per heavy atom. The molecule has 0 radical (unpaired) electrons. The molecule has 0 heterocycles. The number of para-hydroxylation sites is 1. The number of carbonyl (C=O) groups is 3. The molecule has 0 aromatic heterocycles. The molecule has 0 saturated heterocycles. The van der Waals surface area contributed by atoms with E-state index in [0.717, 1.165) is 5.69 Å². The molecule has 1 amide bonds. The third-order valence-electron chi connectivity index (χ3n) is 2.59. The number of carbonyl (C=O) groups excluding carboxylic acids is 3. The normalized spacial score (nSPS) is 9.65. The predicted octanol–water partition coefficient (Wildman–Crippen LogP) is 1.43. The number of benzene rings is 1. The number of nitrogens with one attached hydrogen (secondary N) is 2. The van der Waals surface area contributed by atoms with E-state index in [1.54, 1.807) is 0 Å². The van der Waals surface area contributed by atoms with Crippen LogP contribution in [0.5, 0.6) is 0 Å². The number of ether oxygens (including phenoxy) is 1. The molecular weight excluding hydrogens is 260 g/mol. The minimum atomic E-state index is -0.833.